The number of benzene rings is 3. The van der Waals surface area contributed by atoms with E-state index in [-0.39, 0.29) is 12.1 Å². The fourth-order valence-electron chi connectivity index (χ4n) is 4.29. The van der Waals surface area contributed by atoms with E-state index >= 15 is 0 Å². The maximum atomic E-state index is 5.12. The molecule has 0 saturated heterocycles. The Morgan fingerprint density at radius 2 is 1.46 bits per heavy atom. The monoisotopic (exact) mass is 339 g/mol. The summed E-state index contributed by atoms with van der Waals surface area (Å²) in [6.07, 6.45) is 0.190. The molecule has 128 valence electrons. The Morgan fingerprint density at radius 1 is 0.808 bits per heavy atom. The van der Waals surface area contributed by atoms with Gasteiger partial charge in [-0.05, 0) is 36.2 Å². The molecule has 0 aliphatic carbocycles. The third-order valence-corrected chi connectivity index (χ3v) is 5.39. The lowest BCUT2D eigenvalue weighted by Crippen LogP contribution is -2.43. The molecular weight excluding hydrogens is 318 g/mol. The van der Waals surface area contributed by atoms with Gasteiger partial charge in [-0.3, -0.25) is 0 Å². The number of para-hydroxylation sites is 2. The van der Waals surface area contributed by atoms with Crippen LogP contribution in [0.5, 0.6) is 0 Å². The minimum Gasteiger partial charge on any atom is -0.349 e. The van der Waals surface area contributed by atoms with Gasteiger partial charge in [-0.25, -0.2) is 5.01 Å². The average molecular weight is 339 g/mol. The number of fused-ring (bicyclic) bond motifs is 3. The Balaban J connectivity index is 1.70. The molecule has 0 spiro atoms. The molecule has 0 amide bonds. The molecule has 3 heteroatoms. The topological polar surface area (TPSA) is 18.8 Å². The van der Waals surface area contributed by atoms with Crippen LogP contribution in [0.3, 0.4) is 0 Å². The van der Waals surface area contributed by atoms with Crippen LogP contribution in [0.1, 0.15) is 24.0 Å². The Labute approximate surface area is 154 Å². The Morgan fingerprint density at radius 3 is 2.19 bits per heavy atom. The van der Waals surface area contributed by atoms with Crippen molar-refractivity contribution in [1.29, 1.82) is 0 Å². The number of hydrazone groups is 1. The van der Waals surface area contributed by atoms with E-state index in [1.807, 2.05) is 0 Å². The third-order valence-electron chi connectivity index (χ3n) is 5.39. The maximum Gasteiger partial charge on any atom is 0.136 e. The minimum absolute atomic E-state index is 0.190. The van der Waals surface area contributed by atoms with E-state index in [0.29, 0.717) is 0 Å². The number of rotatable bonds is 3. The van der Waals surface area contributed by atoms with E-state index in [1.165, 1.54) is 16.8 Å². The van der Waals surface area contributed by atoms with Crippen molar-refractivity contribution >= 4 is 17.1 Å². The molecule has 0 radical (unpaired) electrons. The number of hydrogen-bond acceptors (Lipinski definition) is 3. The molecule has 0 aromatic heterocycles. The molecule has 0 bridgehead atoms. The van der Waals surface area contributed by atoms with Gasteiger partial charge in [0, 0.05) is 12.2 Å². The number of hydrogen-bond donors (Lipinski definition) is 0. The SMILES string of the molecule is CCN1c2ccccc2[C@@H]2C(c3ccccc3)=NN(c3ccccc3)[C@@H]21. The predicted octanol–water partition coefficient (Wildman–Crippen LogP) is 4.86. The van der Waals surface area contributed by atoms with Gasteiger partial charge in [-0.2, -0.15) is 5.10 Å². The van der Waals surface area contributed by atoms with Crippen molar-refractivity contribution in [2.75, 3.05) is 16.5 Å². The van der Waals surface area contributed by atoms with Gasteiger partial charge in [0.05, 0.1) is 17.3 Å². The summed E-state index contributed by atoms with van der Waals surface area (Å²) in [6, 6.07) is 29.9. The zero-order chi connectivity index (χ0) is 17.5. The van der Waals surface area contributed by atoms with Gasteiger partial charge in [0.1, 0.15) is 6.17 Å². The highest BCUT2D eigenvalue weighted by Crippen LogP contribution is 2.48. The smallest absolute Gasteiger partial charge is 0.136 e. The number of anilines is 2. The zero-order valence-electron chi connectivity index (χ0n) is 14.8. The van der Waals surface area contributed by atoms with Gasteiger partial charge < -0.3 is 4.90 Å². The summed E-state index contributed by atoms with van der Waals surface area (Å²) in [6.45, 7) is 3.18. The van der Waals surface area contributed by atoms with Crippen LogP contribution in [0.15, 0.2) is 90.0 Å². The van der Waals surface area contributed by atoms with E-state index in [9.17, 15) is 0 Å². The molecule has 3 nitrogen and oxygen atoms in total. The van der Waals surface area contributed by atoms with Crippen LogP contribution in [0.2, 0.25) is 0 Å². The predicted molar refractivity (Wildman–Crippen MR) is 108 cm³/mol. The lowest BCUT2D eigenvalue weighted by atomic mass is 9.90. The third kappa shape index (κ3) is 2.17. The highest BCUT2D eigenvalue weighted by molar-refractivity contribution is 6.10. The molecule has 0 unspecified atom stereocenters. The van der Waals surface area contributed by atoms with Crippen LogP contribution < -0.4 is 9.91 Å². The van der Waals surface area contributed by atoms with Crippen LogP contribution in [-0.4, -0.2) is 18.4 Å². The number of nitrogens with zero attached hydrogens (tertiary/aromatic N) is 3. The van der Waals surface area contributed by atoms with Crippen molar-refractivity contribution in [3.05, 3.63) is 96.1 Å². The molecule has 26 heavy (non-hydrogen) atoms. The van der Waals surface area contributed by atoms with E-state index in [4.69, 9.17) is 5.10 Å². The van der Waals surface area contributed by atoms with Crippen molar-refractivity contribution in [2.24, 2.45) is 5.10 Å². The Hall–Kier alpha value is -3.07. The van der Waals surface area contributed by atoms with E-state index in [1.54, 1.807) is 0 Å². The maximum absolute atomic E-state index is 5.12. The first kappa shape index (κ1) is 15.2. The molecule has 2 heterocycles. The second-order valence-electron chi connectivity index (χ2n) is 6.77. The van der Waals surface area contributed by atoms with Crippen LogP contribution in [0.25, 0.3) is 0 Å². The van der Waals surface area contributed by atoms with Crippen LogP contribution in [0, 0.1) is 0 Å². The summed E-state index contributed by atoms with van der Waals surface area (Å²) in [5, 5.41) is 7.32. The quantitative estimate of drug-likeness (QED) is 0.678. The summed E-state index contributed by atoms with van der Waals surface area (Å²) in [5.41, 5.74) is 6.20. The zero-order valence-corrected chi connectivity index (χ0v) is 14.8. The molecule has 2 aliphatic heterocycles. The van der Waals surface area contributed by atoms with Gasteiger partial charge in [0.25, 0.3) is 0 Å². The fraction of sp³-hybridized carbons (Fsp3) is 0.174. The van der Waals surface area contributed by atoms with E-state index in [2.05, 4.69) is 102 Å². The van der Waals surface area contributed by atoms with Crippen molar-refractivity contribution in [3.8, 4) is 0 Å². The van der Waals surface area contributed by atoms with Gasteiger partial charge in [-0.15, -0.1) is 0 Å². The molecule has 0 N–H and O–H groups in total. The van der Waals surface area contributed by atoms with Crippen molar-refractivity contribution in [1.82, 2.24) is 0 Å². The standard InChI is InChI=1S/C23H21N3/c1-2-25-20-16-10-9-15-19(20)21-22(17-11-5-3-6-12-17)24-26(23(21)25)18-13-7-4-8-14-18/h3-16,21,23H,2H2,1H3/t21-,23+/m1/s1. The summed E-state index contributed by atoms with van der Waals surface area (Å²) in [7, 11) is 0. The van der Waals surface area contributed by atoms with Crippen molar-refractivity contribution < 1.29 is 0 Å². The Kier molecular flexibility index (Phi) is 3.52. The van der Waals surface area contributed by atoms with Gasteiger partial charge >= 0.3 is 0 Å². The summed E-state index contributed by atoms with van der Waals surface area (Å²) in [5.74, 6) is 0.258. The van der Waals surface area contributed by atoms with Gasteiger partial charge in [0.15, 0.2) is 0 Å². The van der Waals surface area contributed by atoms with E-state index in [0.717, 1.165) is 17.9 Å². The van der Waals surface area contributed by atoms with Crippen molar-refractivity contribution in [3.63, 3.8) is 0 Å². The fourth-order valence-corrected chi connectivity index (χ4v) is 4.29. The van der Waals surface area contributed by atoms with Crippen molar-refractivity contribution in [2.45, 2.75) is 19.0 Å². The van der Waals surface area contributed by atoms with Gasteiger partial charge in [-0.1, -0.05) is 66.7 Å². The second-order valence-corrected chi connectivity index (χ2v) is 6.77. The minimum atomic E-state index is 0.190. The number of likely N-dealkylation sites (N-methyl/N-ethyl adjacent to an activating group) is 1. The summed E-state index contributed by atoms with van der Waals surface area (Å²) in [4.78, 5) is 2.48. The lowest BCUT2D eigenvalue weighted by Gasteiger charge is -2.32. The van der Waals surface area contributed by atoms with Gasteiger partial charge in [0.2, 0.25) is 0 Å². The highest BCUT2D eigenvalue weighted by atomic mass is 15.6. The largest absolute Gasteiger partial charge is 0.349 e. The average Bonchev–Trinajstić information content (AvgIpc) is 3.25. The molecule has 0 fully saturated rings. The molecule has 0 saturated carbocycles. The molecule has 2 aliphatic rings. The lowest BCUT2D eigenvalue weighted by molar-refractivity contribution is 0.608. The van der Waals surface area contributed by atoms with Crippen LogP contribution in [-0.2, 0) is 0 Å². The molecule has 3 aromatic carbocycles. The first-order chi connectivity index (χ1) is 12.9. The van der Waals surface area contributed by atoms with Crippen LogP contribution in [0.4, 0.5) is 11.4 Å². The highest BCUT2D eigenvalue weighted by Gasteiger charge is 2.48. The molecule has 5 rings (SSSR count). The second kappa shape index (κ2) is 6.03. The summed E-state index contributed by atoms with van der Waals surface area (Å²) >= 11 is 0. The molecule has 3 aromatic rings. The summed E-state index contributed by atoms with van der Waals surface area (Å²) < 4.78 is 0. The first-order valence-electron chi connectivity index (χ1n) is 9.22. The first-order valence-corrected chi connectivity index (χ1v) is 9.22. The Bertz CT molecular complexity index is 949. The normalized spacial score (nSPS) is 20.7. The molecular formula is C23H21N3. The van der Waals surface area contributed by atoms with Crippen LogP contribution >= 0.6 is 0 Å². The van der Waals surface area contributed by atoms with E-state index < -0.39 is 0 Å². The molecule has 2 atom stereocenters.